The van der Waals surface area contributed by atoms with Gasteiger partial charge in [0, 0.05) is 6.07 Å². The van der Waals surface area contributed by atoms with Crippen molar-refractivity contribution in [3.63, 3.8) is 0 Å². The fraction of sp³-hybridized carbons (Fsp3) is 0.190. The van der Waals surface area contributed by atoms with Crippen molar-refractivity contribution in [2.75, 3.05) is 12.5 Å². The molecule has 0 aliphatic rings. The van der Waals surface area contributed by atoms with E-state index in [9.17, 15) is 28.1 Å². The van der Waals surface area contributed by atoms with Crippen LogP contribution in [0, 0.1) is 10.1 Å². The molecular formula is C21H18F3N3O4. The molecule has 0 aliphatic carbocycles. The molecule has 1 atom stereocenters. The first kappa shape index (κ1) is 21.9. The number of hydrogen-bond donors (Lipinski definition) is 2. The zero-order valence-corrected chi connectivity index (χ0v) is 16.5. The van der Waals surface area contributed by atoms with Crippen LogP contribution in [0.3, 0.4) is 0 Å². The van der Waals surface area contributed by atoms with E-state index in [-0.39, 0.29) is 5.69 Å². The molecule has 162 valence electrons. The van der Waals surface area contributed by atoms with Gasteiger partial charge in [-0.3, -0.25) is 25.8 Å². The van der Waals surface area contributed by atoms with Gasteiger partial charge in [0.1, 0.15) is 11.4 Å². The van der Waals surface area contributed by atoms with E-state index in [1.165, 1.54) is 0 Å². The number of rotatable bonds is 6. The third kappa shape index (κ3) is 4.85. The van der Waals surface area contributed by atoms with Gasteiger partial charge in [0.05, 0.1) is 23.5 Å². The molecule has 0 saturated heterocycles. The van der Waals surface area contributed by atoms with Gasteiger partial charge < -0.3 is 4.74 Å². The Kier molecular flexibility index (Phi) is 6.00. The normalized spacial score (nSPS) is 12.3. The molecule has 10 heteroatoms. The van der Waals surface area contributed by atoms with Crippen LogP contribution in [0.2, 0.25) is 0 Å². The zero-order chi connectivity index (χ0) is 22.8. The quantitative estimate of drug-likeness (QED) is 0.421. The maximum atomic E-state index is 12.8. The molecule has 2 N–H and O–H groups in total. The summed E-state index contributed by atoms with van der Waals surface area (Å²) in [6.45, 7) is 1.64. The molecule has 3 rings (SSSR count). The SMILES string of the molecule is COc1ccc2cc([C@H](C)C(=O)NNc3ccc(C(F)(F)F)cc3[N+](=O)[O-])ccc2c1. The lowest BCUT2D eigenvalue weighted by atomic mass is 9.97. The number of alkyl halides is 3. The number of anilines is 1. The van der Waals surface area contributed by atoms with Crippen molar-refractivity contribution in [1.29, 1.82) is 0 Å². The van der Waals surface area contributed by atoms with Gasteiger partial charge in [-0.15, -0.1) is 0 Å². The number of carbonyl (C=O) groups excluding carboxylic acids is 1. The first-order valence-electron chi connectivity index (χ1n) is 9.09. The lowest BCUT2D eigenvalue weighted by Gasteiger charge is -2.15. The predicted octanol–water partition coefficient (Wildman–Crippen LogP) is 5.02. The second-order valence-corrected chi connectivity index (χ2v) is 6.80. The van der Waals surface area contributed by atoms with Crippen LogP contribution < -0.4 is 15.6 Å². The summed E-state index contributed by atoms with van der Waals surface area (Å²) in [5.74, 6) is -0.442. The lowest BCUT2D eigenvalue weighted by molar-refractivity contribution is -0.384. The van der Waals surface area contributed by atoms with Gasteiger partial charge in [0.25, 0.3) is 5.69 Å². The molecule has 3 aromatic carbocycles. The molecule has 0 fully saturated rings. The van der Waals surface area contributed by atoms with Gasteiger partial charge in [-0.05, 0) is 47.5 Å². The van der Waals surface area contributed by atoms with Crippen LogP contribution in [0.25, 0.3) is 10.8 Å². The van der Waals surface area contributed by atoms with Gasteiger partial charge >= 0.3 is 6.18 Å². The van der Waals surface area contributed by atoms with Gasteiger partial charge in [-0.1, -0.05) is 24.3 Å². The molecule has 0 spiro atoms. The third-order valence-corrected chi connectivity index (χ3v) is 4.81. The first-order chi connectivity index (χ1) is 14.6. The van der Waals surface area contributed by atoms with Gasteiger partial charge in [-0.25, -0.2) is 0 Å². The van der Waals surface area contributed by atoms with Crippen LogP contribution in [0.5, 0.6) is 5.75 Å². The zero-order valence-electron chi connectivity index (χ0n) is 16.5. The van der Waals surface area contributed by atoms with Crippen molar-refractivity contribution in [2.45, 2.75) is 19.0 Å². The fourth-order valence-electron chi connectivity index (χ4n) is 2.99. The highest BCUT2D eigenvalue weighted by Gasteiger charge is 2.33. The summed E-state index contributed by atoms with van der Waals surface area (Å²) in [5.41, 5.74) is 3.15. The van der Waals surface area contributed by atoms with Gasteiger partial charge in [0.2, 0.25) is 5.91 Å². The molecule has 1 amide bonds. The van der Waals surface area contributed by atoms with E-state index in [1.54, 1.807) is 26.2 Å². The Morgan fingerprint density at radius 3 is 2.39 bits per heavy atom. The molecule has 0 bridgehead atoms. The molecular weight excluding hydrogens is 415 g/mol. The average Bonchev–Trinajstić information content (AvgIpc) is 2.75. The summed E-state index contributed by atoms with van der Waals surface area (Å²) in [4.78, 5) is 22.7. The number of hydrazine groups is 1. The number of benzene rings is 3. The number of carbonyl (C=O) groups is 1. The van der Waals surface area contributed by atoms with Crippen LogP contribution in [-0.2, 0) is 11.0 Å². The second-order valence-electron chi connectivity index (χ2n) is 6.80. The topological polar surface area (TPSA) is 93.5 Å². The highest BCUT2D eigenvalue weighted by atomic mass is 19.4. The minimum Gasteiger partial charge on any atom is -0.497 e. The number of fused-ring (bicyclic) bond motifs is 1. The van der Waals surface area contributed by atoms with Crippen LogP contribution in [0.1, 0.15) is 24.0 Å². The minimum atomic E-state index is -4.72. The lowest BCUT2D eigenvalue weighted by Crippen LogP contribution is -2.33. The summed E-state index contributed by atoms with van der Waals surface area (Å²) in [7, 11) is 1.57. The van der Waals surface area contributed by atoms with Crippen molar-refractivity contribution in [3.8, 4) is 5.75 Å². The van der Waals surface area contributed by atoms with Crippen molar-refractivity contribution in [3.05, 3.63) is 75.8 Å². The van der Waals surface area contributed by atoms with Crippen molar-refractivity contribution in [1.82, 2.24) is 5.43 Å². The smallest absolute Gasteiger partial charge is 0.416 e. The standard InChI is InChI=1S/C21H18F3N3O4/c1-12(13-3-4-15-10-17(31-2)7-5-14(15)9-13)20(28)26-25-18-8-6-16(21(22,23)24)11-19(18)27(29)30/h3-12,25H,1-2H3,(H,26,28)/t12-/m0/s1. The highest BCUT2D eigenvalue weighted by molar-refractivity contribution is 5.89. The third-order valence-electron chi connectivity index (χ3n) is 4.81. The molecule has 0 saturated carbocycles. The number of ether oxygens (including phenoxy) is 1. The Morgan fingerprint density at radius 2 is 1.74 bits per heavy atom. The van der Waals surface area contributed by atoms with Crippen molar-refractivity contribution in [2.24, 2.45) is 0 Å². The second kappa shape index (κ2) is 8.50. The molecule has 7 nitrogen and oxygen atoms in total. The average molecular weight is 433 g/mol. The maximum absolute atomic E-state index is 12.8. The maximum Gasteiger partial charge on any atom is 0.416 e. The molecule has 0 unspecified atom stereocenters. The van der Waals surface area contributed by atoms with Gasteiger partial charge in [0.15, 0.2) is 0 Å². The minimum absolute atomic E-state index is 0.260. The monoisotopic (exact) mass is 433 g/mol. The molecule has 31 heavy (non-hydrogen) atoms. The number of nitrogens with one attached hydrogen (secondary N) is 2. The molecule has 3 aromatic rings. The summed E-state index contributed by atoms with van der Waals surface area (Å²) in [5, 5.41) is 13.0. The van der Waals surface area contributed by atoms with Crippen molar-refractivity contribution >= 4 is 28.1 Å². The highest BCUT2D eigenvalue weighted by Crippen LogP contribution is 2.34. The van der Waals surface area contributed by atoms with E-state index < -0.39 is 34.2 Å². The number of halogens is 3. The van der Waals surface area contributed by atoms with E-state index in [4.69, 9.17) is 4.74 Å². The number of nitro groups is 1. The Bertz CT molecular complexity index is 1150. The van der Waals surface area contributed by atoms with Gasteiger partial charge in [-0.2, -0.15) is 13.2 Å². The molecule has 0 heterocycles. The summed E-state index contributed by atoms with van der Waals surface area (Å²) in [6, 6.07) is 13.0. The number of methoxy groups -OCH3 is 1. The summed E-state index contributed by atoms with van der Waals surface area (Å²) >= 11 is 0. The molecule has 0 radical (unpaired) electrons. The van der Waals surface area contributed by atoms with E-state index in [1.807, 2.05) is 24.3 Å². The molecule has 0 aliphatic heterocycles. The summed E-state index contributed by atoms with van der Waals surface area (Å²) in [6.07, 6.45) is -4.72. The first-order valence-corrected chi connectivity index (χ1v) is 9.09. The number of nitrogens with zero attached hydrogens (tertiary/aromatic N) is 1. The van der Waals surface area contributed by atoms with Crippen LogP contribution in [0.15, 0.2) is 54.6 Å². The molecule has 0 aromatic heterocycles. The number of nitro benzene ring substituents is 1. The van der Waals surface area contributed by atoms with E-state index in [0.717, 1.165) is 16.8 Å². The Hall–Kier alpha value is -3.82. The fourth-order valence-corrected chi connectivity index (χ4v) is 2.99. The van der Waals surface area contributed by atoms with Crippen molar-refractivity contribution < 1.29 is 27.6 Å². The summed E-state index contributed by atoms with van der Waals surface area (Å²) < 4.78 is 43.6. The van der Waals surface area contributed by atoms with E-state index in [2.05, 4.69) is 10.9 Å². The Morgan fingerprint density at radius 1 is 1.06 bits per heavy atom. The van der Waals surface area contributed by atoms with Crippen LogP contribution in [-0.4, -0.2) is 17.9 Å². The van der Waals surface area contributed by atoms with E-state index >= 15 is 0 Å². The Labute approximate surface area is 174 Å². The number of amides is 1. The predicted molar refractivity (Wildman–Crippen MR) is 109 cm³/mol. The Balaban J connectivity index is 1.76. The largest absolute Gasteiger partial charge is 0.497 e. The van der Waals surface area contributed by atoms with E-state index in [0.29, 0.717) is 23.4 Å². The van der Waals surface area contributed by atoms with Crippen LogP contribution >= 0.6 is 0 Å². The van der Waals surface area contributed by atoms with Crippen LogP contribution in [0.4, 0.5) is 24.5 Å². The number of hydrogen-bond acceptors (Lipinski definition) is 5.